The van der Waals surface area contributed by atoms with E-state index in [1.807, 2.05) is 158 Å². The lowest BCUT2D eigenvalue weighted by molar-refractivity contribution is 0.202. The Kier molecular flexibility index (Phi) is 19.0. The number of rotatable bonds is 24. The third-order valence-corrected chi connectivity index (χ3v) is 22.6. The molecule has 18 rings (SSSR count). The SMILES string of the molecule is O=S(=O)(c1cc(-c2ccc3ccccc3c2)c(OCCOc2ccc3ccccc3c2-c2c(OCCO)ccc3ccccc23)c(-c2ccc3ccccc3c2)c1)c1cc(-c2ccc3ccccc3c2)c(OCCOc2ccc3ccccc3c2-c2c(OCCO)ccc3ccccc23)c(-c2ccc3ccccc3c2)c1. The summed E-state index contributed by atoms with van der Waals surface area (Å²) in [5.41, 5.74) is 8.59. The third kappa shape index (κ3) is 13.6. The summed E-state index contributed by atoms with van der Waals surface area (Å²) in [6.07, 6.45) is 0. The second kappa shape index (κ2) is 30.4. The second-order valence-corrected chi connectivity index (χ2v) is 29.6. The summed E-state index contributed by atoms with van der Waals surface area (Å²) in [6, 6.07) is 113. The van der Waals surface area contributed by atoms with Gasteiger partial charge in [0.15, 0.2) is 0 Å². The number of aliphatic hydroxyl groups excluding tert-OH is 2. The van der Waals surface area contributed by atoms with E-state index in [1.54, 1.807) is 24.3 Å². The molecule has 18 aromatic rings. The molecule has 2 N–H and O–H groups in total. The summed E-state index contributed by atoms with van der Waals surface area (Å²) >= 11 is 0. The van der Waals surface area contributed by atoms with Crippen LogP contribution in [0.1, 0.15) is 0 Å². The zero-order valence-electron chi connectivity index (χ0n) is 60.6. The number of hydrogen-bond acceptors (Lipinski definition) is 10. The van der Waals surface area contributed by atoms with Crippen molar-refractivity contribution in [2.45, 2.75) is 9.79 Å². The van der Waals surface area contributed by atoms with Crippen LogP contribution in [0.25, 0.3) is 153 Å². The largest absolute Gasteiger partial charge is 0.491 e. The molecule has 0 aromatic heterocycles. The molecule has 0 spiro atoms. The number of aliphatic hydroxyl groups is 2. The molecular weight excluding hydrogens is 1390 g/mol. The van der Waals surface area contributed by atoms with Crippen molar-refractivity contribution in [1.29, 1.82) is 0 Å². The van der Waals surface area contributed by atoms with E-state index in [4.69, 9.17) is 28.4 Å². The zero-order chi connectivity index (χ0) is 74.8. The molecule has 0 unspecified atom stereocenters. The molecule has 0 amide bonds. The highest BCUT2D eigenvalue weighted by molar-refractivity contribution is 7.91. The van der Waals surface area contributed by atoms with Crippen molar-refractivity contribution < 1.29 is 47.1 Å². The molecule has 111 heavy (non-hydrogen) atoms. The van der Waals surface area contributed by atoms with Crippen LogP contribution >= 0.6 is 0 Å². The molecule has 0 saturated carbocycles. The molecule has 0 bridgehead atoms. The number of ether oxygens (including phenoxy) is 6. The molecule has 0 radical (unpaired) electrons. The lowest BCUT2D eigenvalue weighted by atomic mass is 9.92. The van der Waals surface area contributed by atoms with Gasteiger partial charge in [-0.25, -0.2) is 8.42 Å². The van der Waals surface area contributed by atoms with Crippen LogP contribution in [0.4, 0.5) is 0 Å². The first kappa shape index (κ1) is 69.5. The highest BCUT2D eigenvalue weighted by Crippen LogP contribution is 2.51. The van der Waals surface area contributed by atoms with Crippen molar-refractivity contribution in [2.75, 3.05) is 52.9 Å². The Balaban J connectivity index is 0.782. The number of sulfone groups is 1. The Morgan fingerprint density at radius 1 is 0.216 bits per heavy atom. The summed E-state index contributed by atoms with van der Waals surface area (Å²) in [5.74, 6) is 3.39. The van der Waals surface area contributed by atoms with Crippen molar-refractivity contribution >= 4 is 96.0 Å². The minimum Gasteiger partial charge on any atom is -0.491 e. The van der Waals surface area contributed by atoms with Crippen molar-refractivity contribution in [3.8, 4) is 101 Å². The van der Waals surface area contributed by atoms with Gasteiger partial charge in [0, 0.05) is 44.5 Å². The Morgan fingerprint density at radius 3 is 0.694 bits per heavy atom. The predicted molar refractivity (Wildman–Crippen MR) is 451 cm³/mol. The molecule has 540 valence electrons. The Morgan fingerprint density at radius 2 is 0.432 bits per heavy atom. The van der Waals surface area contributed by atoms with E-state index < -0.39 is 9.84 Å². The maximum absolute atomic E-state index is 16.9. The molecule has 0 fully saturated rings. The van der Waals surface area contributed by atoms with Crippen molar-refractivity contribution in [3.63, 3.8) is 0 Å². The lowest BCUT2D eigenvalue weighted by Gasteiger charge is -2.22. The molecule has 0 heterocycles. The van der Waals surface area contributed by atoms with Gasteiger partial charge >= 0.3 is 0 Å². The van der Waals surface area contributed by atoms with Gasteiger partial charge < -0.3 is 38.6 Å². The van der Waals surface area contributed by atoms with Gasteiger partial charge in [0.1, 0.15) is 74.1 Å². The Labute approximate surface area is 642 Å². The van der Waals surface area contributed by atoms with Gasteiger partial charge in [-0.05, 0) is 181 Å². The third-order valence-electron chi connectivity index (χ3n) is 20.9. The summed E-state index contributed by atoms with van der Waals surface area (Å²) < 4.78 is 75.0. The van der Waals surface area contributed by atoms with E-state index in [1.165, 1.54) is 0 Å². The number of hydrogen-bond donors (Lipinski definition) is 2. The fourth-order valence-electron chi connectivity index (χ4n) is 15.7. The van der Waals surface area contributed by atoms with Crippen molar-refractivity contribution in [3.05, 3.63) is 340 Å². The first-order chi connectivity index (χ1) is 54.7. The van der Waals surface area contributed by atoms with Crippen molar-refractivity contribution in [2.24, 2.45) is 0 Å². The first-order valence-electron chi connectivity index (χ1n) is 37.4. The molecule has 11 heteroatoms. The standard InChI is InChI=1S/C100H74O10S/c101-49-51-105-91-45-41-69-21-9-13-29-83(69)95(91)97-85-31-15-11-23-71(85)43-47-93(97)107-53-55-109-99-87(77-37-33-65-17-1-5-25-73(65)57-77)61-81(62-88(99)78-38-34-66-18-2-6-26-74(66)58-78)111(103,104)82-63-89(79-39-35-67-19-3-7-27-75(67)59-79)100(90(64-82)80-40-36-68-20-4-8-28-76(68)60-80)110-56-54-108-94-48-44-72-24-12-16-32-86(72)98(94)96-84-30-14-10-22-70(84)42-46-92(96)106-52-50-102/h1-48,57-64,101-102H,49-56H2. The van der Waals surface area contributed by atoms with Gasteiger partial charge in [0.05, 0.1) is 23.0 Å². The Bertz CT molecular complexity index is 6150. The van der Waals surface area contributed by atoms with Crippen molar-refractivity contribution in [1.82, 2.24) is 0 Å². The van der Waals surface area contributed by atoms with Crippen LogP contribution < -0.4 is 28.4 Å². The summed E-state index contributed by atoms with van der Waals surface area (Å²) in [4.78, 5) is 0.0941. The number of benzene rings is 18. The van der Waals surface area contributed by atoms with Crippen LogP contribution in [-0.4, -0.2) is 71.5 Å². The maximum atomic E-state index is 16.9. The smallest absolute Gasteiger partial charge is 0.206 e. The van der Waals surface area contributed by atoms with E-state index in [9.17, 15) is 10.2 Å². The molecule has 0 saturated heterocycles. The van der Waals surface area contributed by atoms with E-state index in [-0.39, 0.29) is 62.6 Å². The van der Waals surface area contributed by atoms with Crippen LogP contribution in [0, 0.1) is 0 Å². The van der Waals surface area contributed by atoms with Crippen LogP contribution in [0.2, 0.25) is 0 Å². The van der Waals surface area contributed by atoms with E-state index in [2.05, 4.69) is 158 Å². The van der Waals surface area contributed by atoms with Gasteiger partial charge in [-0.1, -0.05) is 267 Å². The first-order valence-corrected chi connectivity index (χ1v) is 38.8. The normalized spacial score (nSPS) is 11.7. The molecular formula is C100H74O10S. The van der Waals surface area contributed by atoms with E-state index in [0.29, 0.717) is 56.8 Å². The highest BCUT2D eigenvalue weighted by atomic mass is 32.2. The van der Waals surface area contributed by atoms with Gasteiger partial charge in [-0.2, -0.15) is 0 Å². The van der Waals surface area contributed by atoms with Crippen LogP contribution in [0.15, 0.2) is 350 Å². The van der Waals surface area contributed by atoms with Gasteiger partial charge in [-0.15, -0.1) is 0 Å². The van der Waals surface area contributed by atoms with Gasteiger partial charge in [0.25, 0.3) is 0 Å². The van der Waals surface area contributed by atoms with Crippen LogP contribution in [0.5, 0.6) is 34.5 Å². The predicted octanol–water partition coefficient (Wildman–Crippen LogP) is 23.4. The average Bonchev–Trinajstić information content (AvgIpc) is 0.748. The maximum Gasteiger partial charge on any atom is 0.206 e. The average molecular weight is 1470 g/mol. The zero-order valence-corrected chi connectivity index (χ0v) is 61.4. The molecule has 0 atom stereocenters. The Hall–Kier alpha value is -13.3. The lowest BCUT2D eigenvalue weighted by Crippen LogP contribution is -2.12. The summed E-state index contributed by atoms with van der Waals surface area (Å²) in [7, 11) is -4.54. The van der Waals surface area contributed by atoms with Gasteiger partial charge in [-0.3, -0.25) is 0 Å². The molecule has 18 aromatic carbocycles. The monoisotopic (exact) mass is 1470 g/mol. The molecule has 10 nitrogen and oxygen atoms in total. The van der Waals surface area contributed by atoms with E-state index in [0.717, 1.165) is 131 Å². The topological polar surface area (TPSA) is 130 Å². The molecule has 0 aliphatic rings. The quantitative estimate of drug-likeness (QED) is 0.0564. The fourth-order valence-corrected chi connectivity index (χ4v) is 17.0. The highest BCUT2D eigenvalue weighted by Gasteiger charge is 2.30. The second-order valence-electron chi connectivity index (χ2n) is 27.6. The molecule has 0 aliphatic carbocycles. The number of fused-ring (bicyclic) bond motifs is 8. The minimum atomic E-state index is -4.54. The van der Waals surface area contributed by atoms with E-state index >= 15 is 8.42 Å². The molecule has 0 aliphatic heterocycles. The minimum absolute atomic E-state index is 0.0471. The summed E-state index contributed by atoms with van der Waals surface area (Å²) in [6.45, 7) is 0.169. The fraction of sp³-hybridized carbons (Fsp3) is 0.0800. The van der Waals surface area contributed by atoms with Crippen LogP contribution in [-0.2, 0) is 9.84 Å². The summed E-state index contributed by atoms with van der Waals surface area (Å²) in [5, 5.41) is 35.9. The van der Waals surface area contributed by atoms with Gasteiger partial charge in [0.2, 0.25) is 9.84 Å². The van der Waals surface area contributed by atoms with Crippen LogP contribution in [0.3, 0.4) is 0 Å².